The van der Waals surface area contributed by atoms with Gasteiger partial charge in [0.2, 0.25) is 5.91 Å². The van der Waals surface area contributed by atoms with Crippen LogP contribution < -0.4 is 11.1 Å². The van der Waals surface area contributed by atoms with Gasteiger partial charge < -0.3 is 11.1 Å². The number of amides is 1. The average molecular weight is 289 g/mol. The first-order chi connectivity index (χ1) is 10.2. The summed E-state index contributed by atoms with van der Waals surface area (Å²) in [5.41, 5.74) is 8.13. The number of likely N-dealkylation sites (tertiary alicyclic amines) is 1. The number of nitrogens with two attached hydrogens (primary N) is 1. The number of hydrogen-bond acceptors (Lipinski definition) is 3. The molecule has 1 amide bonds. The van der Waals surface area contributed by atoms with Crippen LogP contribution in [-0.4, -0.2) is 37.0 Å². The second kappa shape index (κ2) is 8.15. The molecule has 0 spiro atoms. The van der Waals surface area contributed by atoms with Gasteiger partial charge in [0.1, 0.15) is 0 Å². The molecule has 1 heterocycles. The Hall–Kier alpha value is -1.39. The second-order valence-electron chi connectivity index (χ2n) is 5.82. The molecule has 1 aromatic carbocycles. The molecular weight excluding hydrogens is 262 g/mol. The average Bonchev–Trinajstić information content (AvgIpc) is 2.53. The maximum Gasteiger partial charge on any atom is 0.224 e. The Balaban J connectivity index is 1.86. The van der Waals surface area contributed by atoms with Crippen LogP contribution in [0.15, 0.2) is 24.3 Å². The fourth-order valence-electron chi connectivity index (χ4n) is 2.89. The number of nitrogens with zero attached hydrogens (tertiary/aromatic N) is 1. The summed E-state index contributed by atoms with van der Waals surface area (Å²) in [6.07, 6.45) is 3.16. The van der Waals surface area contributed by atoms with Crippen LogP contribution in [0.2, 0.25) is 0 Å². The SMILES string of the molecule is CCc1ccc(CN2CCCC(C(=O)NCCN)C2)cc1. The Morgan fingerprint density at radius 1 is 1.33 bits per heavy atom. The molecule has 1 aliphatic heterocycles. The molecule has 1 aliphatic rings. The monoisotopic (exact) mass is 289 g/mol. The Morgan fingerprint density at radius 3 is 2.71 bits per heavy atom. The van der Waals surface area contributed by atoms with Gasteiger partial charge in [-0.2, -0.15) is 0 Å². The fourth-order valence-corrected chi connectivity index (χ4v) is 2.89. The van der Waals surface area contributed by atoms with Crippen LogP contribution in [0.25, 0.3) is 0 Å². The molecule has 1 unspecified atom stereocenters. The smallest absolute Gasteiger partial charge is 0.224 e. The molecule has 0 aliphatic carbocycles. The lowest BCUT2D eigenvalue weighted by Crippen LogP contribution is -2.43. The van der Waals surface area contributed by atoms with E-state index in [0.717, 1.165) is 38.9 Å². The van der Waals surface area contributed by atoms with E-state index in [4.69, 9.17) is 5.73 Å². The minimum Gasteiger partial charge on any atom is -0.355 e. The molecule has 1 fully saturated rings. The second-order valence-corrected chi connectivity index (χ2v) is 5.82. The predicted molar refractivity (Wildman–Crippen MR) is 85.9 cm³/mol. The van der Waals surface area contributed by atoms with Crippen LogP contribution in [-0.2, 0) is 17.8 Å². The predicted octanol–water partition coefficient (Wildman–Crippen LogP) is 1.54. The Morgan fingerprint density at radius 2 is 2.05 bits per heavy atom. The first-order valence-electron chi connectivity index (χ1n) is 8.01. The first-order valence-corrected chi connectivity index (χ1v) is 8.01. The summed E-state index contributed by atoms with van der Waals surface area (Å²) in [4.78, 5) is 14.4. The standard InChI is InChI=1S/C17H27N3O/c1-2-14-5-7-15(8-6-14)12-20-11-3-4-16(13-20)17(21)19-10-9-18/h5-8,16H,2-4,9-13,18H2,1H3,(H,19,21). The van der Waals surface area contributed by atoms with Crippen LogP contribution >= 0.6 is 0 Å². The number of piperidine rings is 1. The molecule has 1 atom stereocenters. The van der Waals surface area contributed by atoms with Crippen molar-refractivity contribution in [3.8, 4) is 0 Å². The highest BCUT2D eigenvalue weighted by Crippen LogP contribution is 2.19. The summed E-state index contributed by atoms with van der Waals surface area (Å²) in [5.74, 6) is 0.270. The number of hydrogen-bond donors (Lipinski definition) is 2. The highest BCUT2D eigenvalue weighted by molar-refractivity contribution is 5.78. The van der Waals surface area contributed by atoms with Gasteiger partial charge in [-0.1, -0.05) is 31.2 Å². The van der Waals surface area contributed by atoms with E-state index in [0.29, 0.717) is 13.1 Å². The van der Waals surface area contributed by atoms with Crippen LogP contribution in [0, 0.1) is 5.92 Å². The normalized spacial score (nSPS) is 19.4. The van der Waals surface area contributed by atoms with E-state index in [1.807, 2.05) is 0 Å². The summed E-state index contributed by atoms with van der Waals surface area (Å²) in [6, 6.07) is 8.81. The van der Waals surface area contributed by atoms with E-state index in [-0.39, 0.29) is 11.8 Å². The molecule has 0 aromatic heterocycles. The van der Waals surface area contributed by atoms with Gasteiger partial charge in [0.15, 0.2) is 0 Å². The molecule has 0 saturated carbocycles. The number of rotatable bonds is 6. The van der Waals surface area contributed by atoms with E-state index >= 15 is 0 Å². The highest BCUT2D eigenvalue weighted by atomic mass is 16.1. The lowest BCUT2D eigenvalue weighted by atomic mass is 9.96. The Bertz CT molecular complexity index is 444. The van der Waals surface area contributed by atoms with Gasteiger partial charge in [-0.05, 0) is 36.9 Å². The van der Waals surface area contributed by atoms with Gasteiger partial charge in [0.25, 0.3) is 0 Å². The molecule has 0 bridgehead atoms. The van der Waals surface area contributed by atoms with Crippen molar-refractivity contribution in [3.63, 3.8) is 0 Å². The fraction of sp³-hybridized carbons (Fsp3) is 0.588. The van der Waals surface area contributed by atoms with Gasteiger partial charge >= 0.3 is 0 Å². The number of aryl methyl sites for hydroxylation is 1. The van der Waals surface area contributed by atoms with Crippen molar-refractivity contribution in [1.82, 2.24) is 10.2 Å². The highest BCUT2D eigenvalue weighted by Gasteiger charge is 2.25. The van der Waals surface area contributed by atoms with E-state index in [9.17, 15) is 4.79 Å². The topological polar surface area (TPSA) is 58.4 Å². The molecule has 21 heavy (non-hydrogen) atoms. The van der Waals surface area contributed by atoms with Crippen molar-refractivity contribution < 1.29 is 4.79 Å². The minimum atomic E-state index is 0.111. The third-order valence-electron chi connectivity index (χ3n) is 4.16. The summed E-state index contributed by atoms with van der Waals surface area (Å²) in [6.45, 7) is 6.12. The van der Waals surface area contributed by atoms with Gasteiger partial charge in [-0.3, -0.25) is 9.69 Å². The van der Waals surface area contributed by atoms with Crippen molar-refractivity contribution >= 4 is 5.91 Å². The summed E-state index contributed by atoms with van der Waals surface area (Å²) in [7, 11) is 0. The van der Waals surface area contributed by atoms with Crippen LogP contribution in [0.3, 0.4) is 0 Å². The molecular formula is C17H27N3O. The molecule has 1 saturated heterocycles. The van der Waals surface area contributed by atoms with Gasteiger partial charge in [-0.15, -0.1) is 0 Å². The zero-order valence-electron chi connectivity index (χ0n) is 13.0. The number of nitrogens with one attached hydrogen (secondary N) is 1. The molecule has 4 heteroatoms. The van der Waals surface area contributed by atoms with Crippen LogP contribution in [0.1, 0.15) is 30.9 Å². The molecule has 116 valence electrons. The zero-order chi connectivity index (χ0) is 15.1. The lowest BCUT2D eigenvalue weighted by molar-refractivity contribution is -0.126. The maximum atomic E-state index is 12.0. The van der Waals surface area contributed by atoms with E-state index < -0.39 is 0 Å². The molecule has 4 nitrogen and oxygen atoms in total. The van der Waals surface area contributed by atoms with Crippen LogP contribution in [0.4, 0.5) is 0 Å². The van der Waals surface area contributed by atoms with Crippen molar-refractivity contribution in [2.24, 2.45) is 11.7 Å². The third-order valence-corrected chi connectivity index (χ3v) is 4.16. The van der Waals surface area contributed by atoms with Crippen LogP contribution in [0.5, 0.6) is 0 Å². The number of carbonyl (C=O) groups is 1. The quantitative estimate of drug-likeness (QED) is 0.835. The lowest BCUT2D eigenvalue weighted by Gasteiger charge is -2.32. The summed E-state index contributed by atoms with van der Waals surface area (Å²) in [5, 5.41) is 2.91. The summed E-state index contributed by atoms with van der Waals surface area (Å²) >= 11 is 0. The summed E-state index contributed by atoms with van der Waals surface area (Å²) < 4.78 is 0. The first kappa shape index (κ1) is 16.0. The van der Waals surface area contributed by atoms with Crippen molar-refractivity contribution in [3.05, 3.63) is 35.4 Å². The third kappa shape index (κ3) is 4.83. The Labute approximate surface area is 127 Å². The minimum absolute atomic E-state index is 0.111. The van der Waals surface area contributed by atoms with Crippen molar-refractivity contribution in [2.75, 3.05) is 26.2 Å². The largest absolute Gasteiger partial charge is 0.355 e. The van der Waals surface area contributed by atoms with Crippen molar-refractivity contribution in [1.29, 1.82) is 0 Å². The van der Waals surface area contributed by atoms with E-state index in [1.165, 1.54) is 11.1 Å². The molecule has 3 N–H and O–H groups in total. The van der Waals surface area contributed by atoms with Gasteiger partial charge in [0.05, 0.1) is 5.92 Å². The van der Waals surface area contributed by atoms with Gasteiger partial charge in [-0.25, -0.2) is 0 Å². The maximum absolute atomic E-state index is 12.0. The molecule has 1 aromatic rings. The van der Waals surface area contributed by atoms with E-state index in [2.05, 4.69) is 41.4 Å². The Kier molecular flexibility index (Phi) is 6.21. The zero-order valence-corrected chi connectivity index (χ0v) is 13.0. The van der Waals surface area contributed by atoms with E-state index in [1.54, 1.807) is 0 Å². The van der Waals surface area contributed by atoms with Gasteiger partial charge in [0, 0.05) is 26.2 Å². The number of benzene rings is 1. The molecule has 0 radical (unpaired) electrons. The van der Waals surface area contributed by atoms with Crippen molar-refractivity contribution in [2.45, 2.75) is 32.7 Å². The number of carbonyl (C=O) groups excluding carboxylic acids is 1. The molecule has 2 rings (SSSR count).